The summed E-state index contributed by atoms with van der Waals surface area (Å²) in [7, 11) is 1.76. The van der Waals surface area contributed by atoms with Crippen molar-refractivity contribution in [1.82, 2.24) is 24.4 Å². The van der Waals surface area contributed by atoms with Gasteiger partial charge in [-0.15, -0.1) is 10.2 Å². The van der Waals surface area contributed by atoms with Gasteiger partial charge in [0.15, 0.2) is 11.5 Å². The van der Waals surface area contributed by atoms with Crippen molar-refractivity contribution in [2.24, 2.45) is 7.05 Å². The lowest BCUT2D eigenvalue weighted by atomic mass is 9.98. The molecule has 0 atom stereocenters. The number of hydrogen-bond donors (Lipinski definition) is 1. The highest BCUT2D eigenvalue weighted by Gasteiger charge is 2.16. The highest BCUT2D eigenvalue weighted by Crippen LogP contribution is 2.31. The van der Waals surface area contributed by atoms with Crippen molar-refractivity contribution in [2.45, 2.75) is 6.92 Å². The van der Waals surface area contributed by atoms with Crippen molar-refractivity contribution in [2.75, 3.05) is 5.32 Å². The molecule has 3 heterocycles. The first-order valence-electron chi connectivity index (χ1n) is 10.1. The Morgan fingerprint density at radius 1 is 1.06 bits per heavy atom. The fourth-order valence-corrected chi connectivity index (χ4v) is 3.89. The molecule has 164 valence electrons. The standard InChI is InChI=1S/C24H18ClFN6O/c1-14-6-7-16(24(33)28-20-8-10-27-31(20)2)12-18(14)15-9-11-32-21(13-15)29-30-23(32)17-4-3-5-19(26)22(17)25/h3-13H,1-2H3,(H,28,33). The lowest BCUT2D eigenvalue weighted by Crippen LogP contribution is -2.14. The fourth-order valence-electron chi connectivity index (χ4n) is 3.68. The van der Waals surface area contributed by atoms with Gasteiger partial charge in [-0.25, -0.2) is 4.39 Å². The average molecular weight is 461 g/mol. The van der Waals surface area contributed by atoms with Crippen LogP contribution < -0.4 is 5.32 Å². The molecule has 5 aromatic rings. The molecule has 0 spiro atoms. The topological polar surface area (TPSA) is 77.1 Å². The van der Waals surface area contributed by atoms with Crippen LogP contribution in [0.4, 0.5) is 10.2 Å². The summed E-state index contributed by atoms with van der Waals surface area (Å²) >= 11 is 6.14. The predicted molar refractivity (Wildman–Crippen MR) is 125 cm³/mol. The Balaban J connectivity index is 1.52. The molecule has 0 saturated heterocycles. The van der Waals surface area contributed by atoms with Crippen LogP contribution in [0.1, 0.15) is 15.9 Å². The van der Waals surface area contributed by atoms with Crippen molar-refractivity contribution in [3.63, 3.8) is 0 Å². The summed E-state index contributed by atoms with van der Waals surface area (Å²) in [4.78, 5) is 12.8. The van der Waals surface area contributed by atoms with Crippen molar-refractivity contribution < 1.29 is 9.18 Å². The first-order chi connectivity index (χ1) is 15.9. The van der Waals surface area contributed by atoms with Gasteiger partial charge in [-0.2, -0.15) is 5.10 Å². The summed E-state index contributed by atoms with van der Waals surface area (Å²) < 4.78 is 17.3. The number of pyridine rings is 1. The number of anilines is 1. The number of nitrogens with one attached hydrogen (secondary N) is 1. The maximum Gasteiger partial charge on any atom is 0.256 e. The molecule has 0 aliphatic rings. The van der Waals surface area contributed by atoms with Gasteiger partial charge in [0.2, 0.25) is 0 Å². The third-order valence-electron chi connectivity index (χ3n) is 5.48. The summed E-state index contributed by atoms with van der Waals surface area (Å²) in [5, 5.41) is 15.4. The van der Waals surface area contributed by atoms with E-state index in [0.717, 1.165) is 16.7 Å². The Morgan fingerprint density at radius 3 is 2.70 bits per heavy atom. The Kier molecular flexibility index (Phi) is 5.14. The number of aryl methyl sites for hydroxylation is 2. The van der Waals surface area contributed by atoms with Crippen LogP contribution in [-0.4, -0.2) is 30.3 Å². The second-order valence-electron chi connectivity index (χ2n) is 7.59. The van der Waals surface area contributed by atoms with Crippen molar-refractivity contribution in [3.05, 3.63) is 89.0 Å². The van der Waals surface area contributed by atoms with E-state index in [4.69, 9.17) is 11.6 Å². The van der Waals surface area contributed by atoms with Gasteiger partial charge in [0.05, 0.1) is 11.2 Å². The van der Waals surface area contributed by atoms with Gasteiger partial charge in [0, 0.05) is 30.4 Å². The largest absolute Gasteiger partial charge is 0.307 e. The second-order valence-corrected chi connectivity index (χ2v) is 7.97. The number of carbonyl (C=O) groups excluding carboxylic acids is 1. The molecule has 0 saturated carbocycles. The van der Waals surface area contributed by atoms with Crippen molar-refractivity contribution in [3.8, 4) is 22.5 Å². The van der Waals surface area contributed by atoms with Gasteiger partial charge < -0.3 is 5.32 Å². The minimum Gasteiger partial charge on any atom is -0.307 e. The van der Waals surface area contributed by atoms with E-state index in [1.54, 1.807) is 46.6 Å². The summed E-state index contributed by atoms with van der Waals surface area (Å²) in [5.74, 6) is 0.309. The number of hydrogen-bond acceptors (Lipinski definition) is 4. The molecule has 1 N–H and O–H groups in total. The maximum absolute atomic E-state index is 13.9. The van der Waals surface area contributed by atoms with Crippen LogP contribution in [0.3, 0.4) is 0 Å². The number of nitrogens with zero attached hydrogens (tertiary/aromatic N) is 5. The summed E-state index contributed by atoms with van der Waals surface area (Å²) in [6.45, 7) is 1.98. The molecule has 0 bridgehead atoms. The van der Waals surface area contributed by atoms with Crippen LogP contribution in [-0.2, 0) is 7.05 Å². The van der Waals surface area contributed by atoms with Gasteiger partial charge in [0.1, 0.15) is 11.6 Å². The SMILES string of the molecule is Cc1ccc(C(=O)Nc2ccnn2C)cc1-c1ccn2c(-c3cccc(F)c3Cl)nnc2c1. The van der Waals surface area contributed by atoms with E-state index >= 15 is 0 Å². The van der Waals surface area contributed by atoms with Gasteiger partial charge in [-0.1, -0.05) is 23.7 Å². The zero-order chi connectivity index (χ0) is 23.1. The average Bonchev–Trinajstić information content (AvgIpc) is 3.41. The Morgan fingerprint density at radius 2 is 1.91 bits per heavy atom. The fraction of sp³-hybridized carbons (Fsp3) is 0.0833. The molecule has 0 aliphatic carbocycles. The molecule has 33 heavy (non-hydrogen) atoms. The van der Waals surface area contributed by atoms with E-state index < -0.39 is 5.82 Å². The van der Waals surface area contributed by atoms with E-state index in [-0.39, 0.29) is 10.9 Å². The molecule has 2 aromatic carbocycles. The molecule has 7 nitrogen and oxygen atoms in total. The molecule has 0 radical (unpaired) electrons. The lowest BCUT2D eigenvalue weighted by Gasteiger charge is -2.11. The van der Waals surface area contributed by atoms with Crippen molar-refractivity contribution >= 4 is 29.0 Å². The van der Waals surface area contributed by atoms with E-state index in [1.165, 1.54) is 6.07 Å². The van der Waals surface area contributed by atoms with Crippen LogP contribution >= 0.6 is 11.6 Å². The quantitative estimate of drug-likeness (QED) is 0.402. The third-order valence-corrected chi connectivity index (χ3v) is 5.86. The highest BCUT2D eigenvalue weighted by atomic mass is 35.5. The molecule has 0 unspecified atom stereocenters. The smallest absolute Gasteiger partial charge is 0.256 e. The second kappa shape index (κ2) is 8.14. The molecular formula is C24H18ClFN6O. The third kappa shape index (κ3) is 3.74. The van der Waals surface area contributed by atoms with Gasteiger partial charge in [-0.3, -0.25) is 13.9 Å². The maximum atomic E-state index is 13.9. The van der Waals surface area contributed by atoms with Gasteiger partial charge in [-0.05, 0) is 60.0 Å². The normalized spacial score (nSPS) is 11.2. The molecule has 1 amide bonds. The van der Waals surface area contributed by atoms with Gasteiger partial charge >= 0.3 is 0 Å². The first-order valence-corrected chi connectivity index (χ1v) is 10.5. The van der Waals surface area contributed by atoms with Gasteiger partial charge in [0.25, 0.3) is 5.91 Å². The van der Waals surface area contributed by atoms with Crippen LogP contribution in [0.5, 0.6) is 0 Å². The highest BCUT2D eigenvalue weighted by molar-refractivity contribution is 6.33. The molecule has 0 fully saturated rings. The number of fused-ring (bicyclic) bond motifs is 1. The number of halogens is 2. The Hall–Kier alpha value is -4.04. The van der Waals surface area contributed by atoms with E-state index in [2.05, 4.69) is 20.6 Å². The van der Waals surface area contributed by atoms with Crippen molar-refractivity contribution in [1.29, 1.82) is 0 Å². The molecule has 3 aromatic heterocycles. The summed E-state index contributed by atoms with van der Waals surface area (Å²) in [5.41, 5.74) is 4.33. The summed E-state index contributed by atoms with van der Waals surface area (Å²) in [6, 6.07) is 15.6. The number of rotatable bonds is 4. The van der Waals surface area contributed by atoms with Crippen LogP contribution in [0.2, 0.25) is 5.02 Å². The Labute approximate surface area is 193 Å². The number of aromatic nitrogens is 5. The van der Waals surface area contributed by atoms with E-state index in [9.17, 15) is 9.18 Å². The van der Waals surface area contributed by atoms with Crippen LogP contribution in [0.25, 0.3) is 28.2 Å². The number of benzene rings is 2. The van der Waals surface area contributed by atoms with E-state index in [1.807, 2.05) is 37.4 Å². The molecular weight excluding hydrogens is 443 g/mol. The minimum absolute atomic E-state index is 0.00106. The van der Waals surface area contributed by atoms with E-state index in [0.29, 0.717) is 28.4 Å². The molecule has 9 heteroatoms. The minimum atomic E-state index is -0.514. The zero-order valence-electron chi connectivity index (χ0n) is 17.8. The monoisotopic (exact) mass is 460 g/mol. The number of carbonyl (C=O) groups is 1. The number of amides is 1. The molecule has 0 aliphatic heterocycles. The lowest BCUT2D eigenvalue weighted by molar-refractivity contribution is 0.102. The summed E-state index contributed by atoms with van der Waals surface area (Å²) in [6.07, 6.45) is 3.43. The zero-order valence-corrected chi connectivity index (χ0v) is 18.5. The molecule has 5 rings (SSSR count). The Bertz CT molecular complexity index is 1520. The first kappa shape index (κ1) is 20.8. The van der Waals surface area contributed by atoms with Crippen LogP contribution in [0.15, 0.2) is 67.0 Å². The van der Waals surface area contributed by atoms with Crippen LogP contribution in [0, 0.1) is 12.7 Å². The predicted octanol–water partition coefficient (Wildman–Crippen LogP) is 5.15.